The van der Waals surface area contributed by atoms with Crippen molar-refractivity contribution in [3.63, 3.8) is 0 Å². The Bertz CT molecular complexity index is 473. The first-order chi connectivity index (χ1) is 6.90. The second kappa shape index (κ2) is 2.70. The average molecular weight is 189 g/mol. The normalized spacial score (nSPS) is 16.1. The van der Waals surface area contributed by atoms with Crippen molar-refractivity contribution in [1.82, 2.24) is 15.2 Å². The second-order valence-electron chi connectivity index (χ2n) is 3.62. The minimum absolute atomic E-state index is 0.613. The molecule has 0 amide bonds. The van der Waals surface area contributed by atoms with Crippen LogP contribution < -0.4 is 4.74 Å². The number of hydrogen-bond acceptors (Lipinski definition) is 3. The molecule has 0 atom stereocenters. The molecule has 0 aromatic carbocycles. The lowest BCUT2D eigenvalue weighted by atomic mass is 10.2. The minimum Gasteiger partial charge on any atom is -0.496 e. The summed E-state index contributed by atoms with van der Waals surface area (Å²) in [6.45, 7) is 0. The van der Waals surface area contributed by atoms with Gasteiger partial charge < -0.3 is 4.74 Å². The van der Waals surface area contributed by atoms with E-state index in [1.807, 2.05) is 6.07 Å². The maximum atomic E-state index is 5.30. The van der Waals surface area contributed by atoms with E-state index in [4.69, 9.17) is 4.74 Å². The first kappa shape index (κ1) is 7.79. The summed E-state index contributed by atoms with van der Waals surface area (Å²) < 4.78 is 5.30. The van der Waals surface area contributed by atoms with E-state index in [0.717, 1.165) is 22.5 Å². The molecule has 0 saturated heterocycles. The van der Waals surface area contributed by atoms with Crippen LogP contribution in [0.5, 0.6) is 5.75 Å². The highest BCUT2D eigenvalue weighted by atomic mass is 16.5. The molecular formula is C10H11N3O. The van der Waals surface area contributed by atoms with Crippen molar-refractivity contribution in [3.05, 3.63) is 18.0 Å². The zero-order valence-corrected chi connectivity index (χ0v) is 7.95. The largest absolute Gasteiger partial charge is 0.496 e. The molecule has 1 fully saturated rings. The van der Waals surface area contributed by atoms with Crippen molar-refractivity contribution in [2.45, 2.75) is 18.8 Å². The maximum Gasteiger partial charge on any atom is 0.159 e. The number of nitrogens with zero attached hydrogens (tertiary/aromatic N) is 2. The molecule has 3 rings (SSSR count). The van der Waals surface area contributed by atoms with Gasteiger partial charge in [-0.1, -0.05) is 0 Å². The summed E-state index contributed by atoms with van der Waals surface area (Å²) >= 11 is 0. The quantitative estimate of drug-likeness (QED) is 0.784. The number of ether oxygens (including phenoxy) is 1. The summed E-state index contributed by atoms with van der Waals surface area (Å²) in [6.07, 6.45) is 4.20. The van der Waals surface area contributed by atoms with Crippen LogP contribution in [0, 0.1) is 0 Å². The summed E-state index contributed by atoms with van der Waals surface area (Å²) in [7, 11) is 1.68. The highest BCUT2D eigenvalue weighted by Crippen LogP contribution is 2.43. The summed E-state index contributed by atoms with van der Waals surface area (Å²) in [5, 5.41) is 8.29. The first-order valence-electron chi connectivity index (χ1n) is 4.77. The van der Waals surface area contributed by atoms with Crippen LogP contribution in [-0.2, 0) is 0 Å². The van der Waals surface area contributed by atoms with E-state index in [9.17, 15) is 0 Å². The fourth-order valence-electron chi connectivity index (χ4n) is 1.77. The third-order valence-electron chi connectivity index (χ3n) is 2.64. The molecule has 1 aliphatic rings. The minimum atomic E-state index is 0.613. The van der Waals surface area contributed by atoms with Gasteiger partial charge >= 0.3 is 0 Å². The molecule has 1 aliphatic carbocycles. The van der Waals surface area contributed by atoms with Gasteiger partial charge in [-0.05, 0) is 18.9 Å². The number of aromatic amines is 1. The van der Waals surface area contributed by atoms with E-state index in [2.05, 4.69) is 15.2 Å². The Labute approximate surface area is 81.3 Å². The van der Waals surface area contributed by atoms with Gasteiger partial charge in [-0.15, -0.1) is 0 Å². The number of rotatable bonds is 2. The van der Waals surface area contributed by atoms with Gasteiger partial charge in [0, 0.05) is 12.1 Å². The van der Waals surface area contributed by atoms with Crippen molar-refractivity contribution < 1.29 is 4.74 Å². The van der Waals surface area contributed by atoms with Crippen molar-refractivity contribution in [2.75, 3.05) is 7.11 Å². The predicted molar refractivity (Wildman–Crippen MR) is 52.4 cm³/mol. The Hall–Kier alpha value is -1.58. The molecule has 1 N–H and O–H groups in total. The van der Waals surface area contributed by atoms with E-state index in [1.165, 1.54) is 12.8 Å². The molecule has 4 heteroatoms. The smallest absolute Gasteiger partial charge is 0.159 e. The zero-order chi connectivity index (χ0) is 9.54. The van der Waals surface area contributed by atoms with Crippen LogP contribution in [0.25, 0.3) is 11.0 Å². The Morgan fingerprint density at radius 3 is 3.07 bits per heavy atom. The van der Waals surface area contributed by atoms with Crippen LogP contribution >= 0.6 is 0 Å². The molecule has 0 spiro atoms. The maximum absolute atomic E-state index is 5.30. The van der Waals surface area contributed by atoms with Crippen molar-refractivity contribution in [3.8, 4) is 5.75 Å². The number of methoxy groups -OCH3 is 1. The van der Waals surface area contributed by atoms with Gasteiger partial charge in [-0.3, -0.25) is 5.10 Å². The number of nitrogens with one attached hydrogen (secondary N) is 1. The monoisotopic (exact) mass is 189 g/mol. The molecule has 0 bridgehead atoms. The summed E-state index contributed by atoms with van der Waals surface area (Å²) in [4.78, 5) is 4.22. The second-order valence-corrected chi connectivity index (χ2v) is 3.62. The summed E-state index contributed by atoms with van der Waals surface area (Å²) in [5.41, 5.74) is 1.94. The fraction of sp³-hybridized carbons (Fsp3) is 0.400. The Balaban J connectivity index is 2.29. The Kier molecular flexibility index (Phi) is 1.50. The topological polar surface area (TPSA) is 50.8 Å². The van der Waals surface area contributed by atoms with Crippen molar-refractivity contribution >= 4 is 11.0 Å². The molecule has 2 aromatic heterocycles. The average Bonchev–Trinajstić information content (AvgIpc) is 2.97. The lowest BCUT2D eigenvalue weighted by Crippen LogP contribution is -1.87. The highest BCUT2D eigenvalue weighted by molar-refractivity contribution is 5.85. The van der Waals surface area contributed by atoms with E-state index in [0.29, 0.717) is 5.92 Å². The zero-order valence-electron chi connectivity index (χ0n) is 7.95. The predicted octanol–water partition coefficient (Wildman–Crippen LogP) is 1.84. The molecule has 0 radical (unpaired) electrons. The Morgan fingerprint density at radius 2 is 2.36 bits per heavy atom. The number of pyridine rings is 1. The standard InChI is InChI=1S/C10H11N3O/c1-14-7-4-5-11-10-8(7)9(12-13-10)6-2-3-6/h4-6H,2-3H2,1H3,(H,11,12,13). The third-order valence-corrected chi connectivity index (χ3v) is 2.64. The van der Waals surface area contributed by atoms with Gasteiger partial charge in [0.15, 0.2) is 5.65 Å². The molecular weight excluding hydrogens is 178 g/mol. The van der Waals surface area contributed by atoms with Crippen LogP contribution in [0.15, 0.2) is 12.3 Å². The van der Waals surface area contributed by atoms with Gasteiger partial charge in [0.2, 0.25) is 0 Å². The van der Waals surface area contributed by atoms with Crippen molar-refractivity contribution in [2.24, 2.45) is 0 Å². The first-order valence-corrected chi connectivity index (χ1v) is 4.77. The number of aromatic nitrogens is 3. The molecule has 72 valence electrons. The van der Waals surface area contributed by atoms with Crippen molar-refractivity contribution in [1.29, 1.82) is 0 Å². The van der Waals surface area contributed by atoms with Gasteiger partial charge in [-0.25, -0.2) is 4.98 Å². The molecule has 14 heavy (non-hydrogen) atoms. The fourth-order valence-corrected chi connectivity index (χ4v) is 1.77. The van der Waals surface area contributed by atoms with Gasteiger partial charge in [0.1, 0.15) is 5.75 Å². The van der Waals surface area contributed by atoms with Crippen LogP contribution in [-0.4, -0.2) is 22.3 Å². The van der Waals surface area contributed by atoms with Gasteiger partial charge in [0.25, 0.3) is 0 Å². The SMILES string of the molecule is COc1ccnc2[nH]nc(C3CC3)c12. The molecule has 2 aromatic rings. The van der Waals surface area contributed by atoms with E-state index >= 15 is 0 Å². The summed E-state index contributed by atoms with van der Waals surface area (Å²) in [5.74, 6) is 1.48. The van der Waals surface area contributed by atoms with E-state index in [-0.39, 0.29) is 0 Å². The molecule has 0 unspecified atom stereocenters. The van der Waals surface area contributed by atoms with E-state index < -0.39 is 0 Å². The molecule has 0 aliphatic heterocycles. The molecule has 2 heterocycles. The lowest BCUT2D eigenvalue weighted by Gasteiger charge is -2.01. The third kappa shape index (κ3) is 0.999. The lowest BCUT2D eigenvalue weighted by molar-refractivity contribution is 0.419. The summed E-state index contributed by atoms with van der Waals surface area (Å²) in [6, 6.07) is 1.88. The number of H-pyrrole nitrogens is 1. The van der Waals surface area contributed by atoms with Crippen LogP contribution in [0.3, 0.4) is 0 Å². The molecule has 4 nitrogen and oxygen atoms in total. The van der Waals surface area contributed by atoms with Crippen LogP contribution in [0.1, 0.15) is 24.5 Å². The van der Waals surface area contributed by atoms with Crippen LogP contribution in [0.2, 0.25) is 0 Å². The van der Waals surface area contributed by atoms with Gasteiger partial charge in [0.05, 0.1) is 18.2 Å². The molecule has 1 saturated carbocycles. The Morgan fingerprint density at radius 1 is 1.50 bits per heavy atom. The number of hydrogen-bond donors (Lipinski definition) is 1. The van der Waals surface area contributed by atoms with E-state index in [1.54, 1.807) is 13.3 Å². The number of fused-ring (bicyclic) bond motifs is 1. The van der Waals surface area contributed by atoms with Crippen LogP contribution in [0.4, 0.5) is 0 Å². The van der Waals surface area contributed by atoms with Gasteiger partial charge in [-0.2, -0.15) is 5.10 Å². The highest BCUT2D eigenvalue weighted by Gasteiger charge is 2.29.